The Bertz CT molecular complexity index is 1970. The third-order valence-corrected chi connectivity index (χ3v) is 8.86. The average Bonchev–Trinajstić information content (AvgIpc) is 3.60. The van der Waals surface area contributed by atoms with Crippen LogP contribution in [0.4, 0.5) is 0 Å². The number of pyridine rings is 1. The predicted octanol–water partition coefficient (Wildman–Crippen LogP) is 5.29. The van der Waals surface area contributed by atoms with Crippen LogP contribution in [0.1, 0.15) is 44.2 Å². The zero-order chi connectivity index (χ0) is 27.4. The standard InChI is InChI=1S/C31H26N6O2S/c1-18-10-14-40-27(18)28-34-35-29-30(38)33-24-17-23(19(2)15-26(24)37(28)29)31(39)36-13-9-21-5-3-4-6-22(21)25(36)16-20-7-11-32-12-8-20/h3-8,10-12,14-15,17,25H,9,13,16H2,1-2H3,(H,33,38). The molecule has 0 bridgehead atoms. The highest BCUT2D eigenvalue weighted by molar-refractivity contribution is 7.13. The Morgan fingerprint density at radius 2 is 1.88 bits per heavy atom. The first-order chi connectivity index (χ1) is 19.5. The van der Waals surface area contributed by atoms with E-state index in [4.69, 9.17) is 0 Å². The molecular weight excluding hydrogens is 520 g/mol. The number of aryl methyl sites for hydroxylation is 2. The van der Waals surface area contributed by atoms with Gasteiger partial charge in [0.2, 0.25) is 5.65 Å². The molecular formula is C31H26N6O2S. The molecule has 0 aliphatic carbocycles. The molecule has 2 aromatic carbocycles. The number of nitrogens with zero attached hydrogens (tertiary/aromatic N) is 5. The fourth-order valence-electron chi connectivity index (χ4n) is 5.81. The molecule has 1 N–H and O–H groups in total. The summed E-state index contributed by atoms with van der Waals surface area (Å²) in [4.78, 5) is 37.4. The van der Waals surface area contributed by atoms with Crippen molar-refractivity contribution in [1.82, 2.24) is 29.5 Å². The van der Waals surface area contributed by atoms with Gasteiger partial charge in [0.25, 0.3) is 11.5 Å². The molecule has 1 aliphatic heterocycles. The van der Waals surface area contributed by atoms with E-state index in [0.717, 1.165) is 33.5 Å². The molecule has 8 nitrogen and oxygen atoms in total. The van der Waals surface area contributed by atoms with Crippen molar-refractivity contribution in [1.29, 1.82) is 0 Å². The summed E-state index contributed by atoms with van der Waals surface area (Å²) in [6.45, 7) is 4.58. The number of aromatic amines is 1. The molecule has 1 unspecified atom stereocenters. The van der Waals surface area contributed by atoms with E-state index in [2.05, 4.69) is 38.4 Å². The Kier molecular flexibility index (Phi) is 5.82. The number of amides is 1. The summed E-state index contributed by atoms with van der Waals surface area (Å²) in [5, 5.41) is 10.6. The zero-order valence-electron chi connectivity index (χ0n) is 22.1. The lowest BCUT2D eigenvalue weighted by Gasteiger charge is -2.38. The third-order valence-electron chi connectivity index (χ3n) is 7.85. The van der Waals surface area contributed by atoms with Crippen molar-refractivity contribution in [3.63, 3.8) is 0 Å². The molecule has 4 aromatic heterocycles. The molecule has 1 atom stereocenters. The summed E-state index contributed by atoms with van der Waals surface area (Å²) >= 11 is 1.56. The average molecular weight is 547 g/mol. The summed E-state index contributed by atoms with van der Waals surface area (Å²) in [6.07, 6.45) is 5.07. The van der Waals surface area contributed by atoms with Crippen LogP contribution in [0, 0.1) is 13.8 Å². The number of fused-ring (bicyclic) bond motifs is 4. The maximum absolute atomic E-state index is 14.3. The fraction of sp³-hybridized carbons (Fsp3) is 0.194. The topological polar surface area (TPSA) is 96.2 Å². The van der Waals surface area contributed by atoms with Crippen LogP contribution >= 0.6 is 11.3 Å². The van der Waals surface area contributed by atoms with Gasteiger partial charge in [0, 0.05) is 24.5 Å². The van der Waals surface area contributed by atoms with Crippen molar-refractivity contribution < 1.29 is 4.79 Å². The summed E-state index contributed by atoms with van der Waals surface area (Å²) in [6, 6.07) is 18.1. The number of rotatable bonds is 4. The van der Waals surface area contributed by atoms with Crippen LogP contribution in [-0.2, 0) is 12.8 Å². The first-order valence-corrected chi connectivity index (χ1v) is 14.1. The molecule has 6 aromatic rings. The van der Waals surface area contributed by atoms with Gasteiger partial charge in [0.15, 0.2) is 5.82 Å². The van der Waals surface area contributed by atoms with Gasteiger partial charge in [-0.3, -0.25) is 19.0 Å². The Labute approximate surface area is 234 Å². The van der Waals surface area contributed by atoms with Gasteiger partial charge in [-0.2, -0.15) is 0 Å². The van der Waals surface area contributed by atoms with Crippen molar-refractivity contribution >= 4 is 33.9 Å². The number of carbonyl (C=O) groups excluding carboxylic acids is 1. The summed E-state index contributed by atoms with van der Waals surface area (Å²) in [5.41, 5.74) is 7.27. The number of hydrogen-bond donors (Lipinski definition) is 1. The molecule has 9 heteroatoms. The van der Waals surface area contributed by atoms with Crippen LogP contribution in [0.5, 0.6) is 0 Å². The van der Waals surface area contributed by atoms with Crippen LogP contribution < -0.4 is 5.56 Å². The van der Waals surface area contributed by atoms with Crippen molar-refractivity contribution in [2.75, 3.05) is 6.54 Å². The quantitative estimate of drug-likeness (QED) is 0.324. The second-order valence-electron chi connectivity index (χ2n) is 10.3. The third kappa shape index (κ3) is 3.93. The van der Waals surface area contributed by atoms with Crippen LogP contribution in [0.15, 0.2) is 77.2 Å². The van der Waals surface area contributed by atoms with Gasteiger partial charge >= 0.3 is 0 Å². The van der Waals surface area contributed by atoms with Gasteiger partial charge in [-0.1, -0.05) is 24.3 Å². The highest BCUT2D eigenvalue weighted by atomic mass is 32.1. The van der Waals surface area contributed by atoms with E-state index < -0.39 is 0 Å². The van der Waals surface area contributed by atoms with Gasteiger partial charge in [-0.05, 0) is 90.2 Å². The number of thiophene rings is 1. The van der Waals surface area contributed by atoms with Crippen molar-refractivity contribution in [3.05, 3.63) is 116 Å². The lowest BCUT2D eigenvalue weighted by Crippen LogP contribution is -2.41. The number of aromatic nitrogens is 5. The molecule has 1 amide bonds. The molecule has 0 radical (unpaired) electrons. The number of H-pyrrole nitrogens is 1. The molecule has 0 saturated heterocycles. The largest absolute Gasteiger partial charge is 0.331 e. The number of nitrogens with one attached hydrogen (secondary N) is 1. The van der Waals surface area contributed by atoms with Gasteiger partial charge in [-0.15, -0.1) is 21.5 Å². The second kappa shape index (κ2) is 9.53. The summed E-state index contributed by atoms with van der Waals surface area (Å²) in [7, 11) is 0. The van der Waals surface area contributed by atoms with Crippen LogP contribution in [0.2, 0.25) is 0 Å². The first-order valence-electron chi connectivity index (χ1n) is 13.2. The number of carbonyl (C=O) groups is 1. The van der Waals surface area contributed by atoms with E-state index in [9.17, 15) is 9.59 Å². The van der Waals surface area contributed by atoms with Crippen molar-refractivity contribution in [3.8, 4) is 10.7 Å². The normalized spacial score (nSPS) is 15.1. The summed E-state index contributed by atoms with van der Waals surface area (Å²) in [5.74, 6) is 0.578. The van der Waals surface area contributed by atoms with Gasteiger partial charge < -0.3 is 9.88 Å². The molecule has 198 valence electrons. The maximum atomic E-state index is 14.3. The SMILES string of the molecule is Cc1cc2c(cc1C(=O)N1CCc3ccccc3C1Cc1ccncc1)[nH]c(=O)c1nnc(-c3sccc3C)n12. The Hall–Kier alpha value is -4.63. The number of benzene rings is 2. The Morgan fingerprint density at radius 3 is 2.67 bits per heavy atom. The zero-order valence-corrected chi connectivity index (χ0v) is 22.9. The minimum absolute atomic E-state index is 0.0491. The molecule has 40 heavy (non-hydrogen) atoms. The number of hydrogen-bond acceptors (Lipinski definition) is 6. The van der Waals surface area contributed by atoms with Crippen molar-refractivity contribution in [2.24, 2.45) is 0 Å². The molecule has 0 spiro atoms. The maximum Gasteiger partial charge on any atom is 0.294 e. The highest BCUT2D eigenvalue weighted by Crippen LogP contribution is 2.35. The van der Waals surface area contributed by atoms with Gasteiger partial charge in [0.1, 0.15) is 0 Å². The van der Waals surface area contributed by atoms with E-state index in [-0.39, 0.29) is 23.2 Å². The van der Waals surface area contributed by atoms with E-state index >= 15 is 0 Å². The molecule has 0 fully saturated rings. The molecule has 1 aliphatic rings. The molecule has 5 heterocycles. The van der Waals surface area contributed by atoms with Crippen LogP contribution in [0.25, 0.3) is 27.4 Å². The van der Waals surface area contributed by atoms with Crippen LogP contribution in [-0.4, -0.2) is 41.9 Å². The highest BCUT2D eigenvalue weighted by Gasteiger charge is 2.32. The van der Waals surface area contributed by atoms with Crippen molar-refractivity contribution in [2.45, 2.75) is 32.7 Å². The predicted molar refractivity (Wildman–Crippen MR) is 156 cm³/mol. The van der Waals surface area contributed by atoms with Crippen LogP contribution in [0.3, 0.4) is 0 Å². The Morgan fingerprint density at radius 1 is 1.05 bits per heavy atom. The lowest BCUT2D eigenvalue weighted by atomic mass is 9.88. The smallest absolute Gasteiger partial charge is 0.294 e. The molecule has 7 rings (SSSR count). The van der Waals surface area contributed by atoms with E-state index in [1.165, 1.54) is 11.1 Å². The van der Waals surface area contributed by atoms with E-state index in [1.807, 2.05) is 60.5 Å². The minimum atomic E-state index is -0.342. The first kappa shape index (κ1) is 24.4. The minimum Gasteiger partial charge on any atom is -0.331 e. The van der Waals surface area contributed by atoms with Gasteiger partial charge in [0.05, 0.1) is 22.0 Å². The monoisotopic (exact) mass is 546 g/mol. The van der Waals surface area contributed by atoms with Gasteiger partial charge in [-0.25, -0.2) is 0 Å². The Balaban J connectivity index is 1.35. The second-order valence-corrected chi connectivity index (χ2v) is 11.2. The van der Waals surface area contributed by atoms with E-state index in [0.29, 0.717) is 29.9 Å². The summed E-state index contributed by atoms with van der Waals surface area (Å²) < 4.78 is 1.80. The lowest BCUT2D eigenvalue weighted by molar-refractivity contribution is 0.0659. The fourth-order valence-corrected chi connectivity index (χ4v) is 6.71. The molecule has 0 saturated carbocycles. The van der Waals surface area contributed by atoms with E-state index in [1.54, 1.807) is 28.1 Å².